The van der Waals surface area contributed by atoms with Crippen LogP contribution in [0.2, 0.25) is 0 Å². The van der Waals surface area contributed by atoms with E-state index in [2.05, 4.69) is 14.4 Å². The highest BCUT2D eigenvalue weighted by Gasteiger charge is 2.57. The van der Waals surface area contributed by atoms with Crippen molar-refractivity contribution in [3.63, 3.8) is 0 Å². The zero-order valence-electron chi connectivity index (χ0n) is 19.1. The van der Waals surface area contributed by atoms with Crippen LogP contribution < -0.4 is 10.0 Å². The Hall–Kier alpha value is -2.60. The number of hydrogen-bond donors (Lipinski definition) is 3. The molecular formula is C22H28N4O6S2. The third kappa shape index (κ3) is 3.76. The first-order valence-electron chi connectivity index (χ1n) is 11.3. The molecular weight excluding hydrogens is 480 g/mol. The zero-order chi connectivity index (χ0) is 24.6. The summed E-state index contributed by atoms with van der Waals surface area (Å²) in [7, 11) is -7.87. The van der Waals surface area contributed by atoms with E-state index in [1.807, 2.05) is 13.8 Å². The molecule has 2 unspecified atom stereocenters. The van der Waals surface area contributed by atoms with Crippen molar-refractivity contribution in [2.45, 2.75) is 44.0 Å². The van der Waals surface area contributed by atoms with Crippen molar-refractivity contribution in [2.24, 2.45) is 28.1 Å². The fourth-order valence-electron chi connectivity index (χ4n) is 6.01. The molecule has 34 heavy (non-hydrogen) atoms. The summed E-state index contributed by atoms with van der Waals surface area (Å²) in [6, 6.07) is 3.92. The number of fused-ring (bicyclic) bond motifs is 6. The van der Waals surface area contributed by atoms with Crippen LogP contribution in [0, 0.1) is 23.7 Å². The van der Waals surface area contributed by atoms with E-state index in [4.69, 9.17) is 0 Å². The maximum Gasteiger partial charge on any atom is 0.286 e. The third-order valence-electron chi connectivity index (χ3n) is 7.10. The van der Waals surface area contributed by atoms with E-state index in [-0.39, 0.29) is 57.2 Å². The average molecular weight is 509 g/mol. The van der Waals surface area contributed by atoms with Crippen molar-refractivity contribution in [3.8, 4) is 0 Å². The molecule has 1 amide bonds. The molecule has 12 heteroatoms. The molecule has 0 saturated heterocycles. The molecule has 2 heterocycles. The number of aliphatic hydroxyl groups is 1. The van der Waals surface area contributed by atoms with Gasteiger partial charge in [0, 0.05) is 24.2 Å². The second-order valence-electron chi connectivity index (χ2n) is 10.1. The van der Waals surface area contributed by atoms with E-state index < -0.39 is 26.0 Å². The van der Waals surface area contributed by atoms with Crippen LogP contribution in [-0.2, 0) is 24.8 Å². The number of carbonyl (C=O) groups excluding carboxylic acids is 1. The Balaban J connectivity index is 1.57. The maximum atomic E-state index is 13.6. The molecule has 5 rings (SSSR count). The molecule has 2 saturated carbocycles. The summed E-state index contributed by atoms with van der Waals surface area (Å²) in [6.07, 6.45) is 3.92. The molecule has 2 aliphatic heterocycles. The maximum absolute atomic E-state index is 13.6. The molecule has 0 spiro atoms. The number of carbonyl (C=O) groups is 1. The summed E-state index contributed by atoms with van der Waals surface area (Å²) >= 11 is 0. The Labute approximate surface area is 199 Å². The lowest BCUT2D eigenvalue weighted by atomic mass is 9.77. The minimum Gasteiger partial charge on any atom is -0.511 e. The predicted molar refractivity (Wildman–Crippen MR) is 127 cm³/mol. The SMILES string of the molecule is CC(C)CN1C(=O)C(C2=NS(=O)(=O)c3cc(NS(C)(=O)=O)ccc3N2)=C(O)C2C1[C@@H]1CC[C@H]2C1. The first kappa shape index (κ1) is 23.2. The van der Waals surface area contributed by atoms with Gasteiger partial charge in [0.05, 0.1) is 11.9 Å². The Kier molecular flexibility index (Phi) is 5.25. The number of rotatable bonds is 5. The van der Waals surface area contributed by atoms with Gasteiger partial charge in [-0.05, 0) is 55.2 Å². The predicted octanol–water partition coefficient (Wildman–Crippen LogP) is 2.30. The zero-order valence-corrected chi connectivity index (χ0v) is 20.8. The van der Waals surface area contributed by atoms with Crippen LogP contribution in [0.25, 0.3) is 0 Å². The number of nitrogens with zero attached hydrogens (tertiary/aromatic N) is 2. The summed E-state index contributed by atoms with van der Waals surface area (Å²) in [4.78, 5) is 15.2. The van der Waals surface area contributed by atoms with Gasteiger partial charge in [0.25, 0.3) is 15.9 Å². The Morgan fingerprint density at radius 2 is 1.97 bits per heavy atom. The smallest absolute Gasteiger partial charge is 0.286 e. The van der Waals surface area contributed by atoms with Gasteiger partial charge in [-0.15, -0.1) is 4.40 Å². The van der Waals surface area contributed by atoms with Gasteiger partial charge in [-0.2, -0.15) is 8.42 Å². The van der Waals surface area contributed by atoms with E-state index in [0.717, 1.165) is 25.5 Å². The molecule has 10 nitrogen and oxygen atoms in total. The lowest BCUT2D eigenvalue weighted by Crippen LogP contribution is -2.55. The molecule has 4 aliphatic rings. The Morgan fingerprint density at radius 3 is 2.65 bits per heavy atom. The van der Waals surface area contributed by atoms with Gasteiger partial charge in [0.15, 0.2) is 5.84 Å². The number of anilines is 2. The summed E-state index contributed by atoms with van der Waals surface area (Å²) in [5.74, 6) is -0.119. The highest BCUT2D eigenvalue weighted by Crippen LogP contribution is 2.55. The number of hydrogen-bond acceptors (Lipinski definition) is 7. The lowest BCUT2D eigenvalue weighted by molar-refractivity contribution is -0.134. The van der Waals surface area contributed by atoms with Crippen LogP contribution in [0.15, 0.2) is 38.8 Å². The van der Waals surface area contributed by atoms with E-state index >= 15 is 0 Å². The summed E-state index contributed by atoms with van der Waals surface area (Å²) < 4.78 is 55.2. The number of sulfonamides is 2. The van der Waals surface area contributed by atoms with Gasteiger partial charge in [0.2, 0.25) is 10.0 Å². The minimum atomic E-state index is -4.26. The lowest BCUT2D eigenvalue weighted by Gasteiger charge is -2.44. The summed E-state index contributed by atoms with van der Waals surface area (Å²) in [5.41, 5.74) is 0.138. The highest BCUT2D eigenvalue weighted by atomic mass is 32.2. The van der Waals surface area contributed by atoms with Crippen molar-refractivity contribution >= 4 is 43.2 Å². The van der Waals surface area contributed by atoms with Gasteiger partial charge in [0.1, 0.15) is 16.2 Å². The van der Waals surface area contributed by atoms with E-state index in [1.54, 1.807) is 4.90 Å². The summed E-state index contributed by atoms with van der Waals surface area (Å²) in [5, 5.41) is 14.2. The largest absolute Gasteiger partial charge is 0.511 e. The second-order valence-corrected chi connectivity index (χ2v) is 13.4. The monoisotopic (exact) mass is 508 g/mol. The van der Waals surface area contributed by atoms with Gasteiger partial charge in [-0.25, -0.2) is 8.42 Å². The van der Waals surface area contributed by atoms with Crippen LogP contribution in [0.5, 0.6) is 0 Å². The van der Waals surface area contributed by atoms with Crippen LogP contribution >= 0.6 is 0 Å². The van der Waals surface area contributed by atoms with Crippen molar-refractivity contribution in [1.82, 2.24) is 4.90 Å². The molecule has 184 valence electrons. The number of nitrogens with one attached hydrogen (secondary N) is 2. The molecule has 2 aliphatic carbocycles. The topological polar surface area (TPSA) is 145 Å². The van der Waals surface area contributed by atoms with Crippen LogP contribution in [0.4, 0.5) is 11.4 Å². The Bertz CT molecular complexity index is 1350. The number of amides is 1. The van der Waals surface area contributed by atoms with Crippen LogP contribution in [-0.4, -0.2) is 57.4 Å². The highest BCUT2D eigenvalue weighted by molar-refractivity contribution is 7.92. The van der Waals surface area contributed by atoms with Gasteiger partial charge < -0.3 is 15.3 Å². The molecule has 2 bridgehead atoms. The summed E-state index contributed by atoms with van der Waals surface area (Å²) in [6.45, 7) is 4.55. The van der Waals surface area contributed by atoms with E-state index in [0.29, 0.717) is 12.5 Å². The average Bonchev–Trinajstić information content (AvgIpc) is 3.32. The van der Waals surface area contributed by atoms with Crippen LogP contribution in [0.1, 0.15) is 33.1 Å². The number of benzene rings is 1. The number of aliphatic hydroxyl groups excluding tert-OH is 1. The van der Waals surface area contributed by atoms with E-state index in [1.165, 1.54) is 18.2 Å². The molecule has 1 aromatic carbocycles. The Morgan fingerprint density at radius 1 is 1.26 bits per heavy atom. The third-order valence-corrected chi connectivity index (χ3v) is 9.03. The molecule has 4 atom stereocenters. The number of amidine groups is 1. The molecule has 1 aromatic rings. The first-order valence-corrected chi connectivity index (χ1v) is 14.7. The first-order chi connectivity index (χ1) is 15.9. The fraction of sp³-hybridized carbons (Fsp3) is 0.545. The standard InChI is InChI=1S/C22H28N4O6S2/c1-11(2)10-26-19-13-5-4-12(8-13)17(19)20(27)18(22(26)28)21-23-15-7-6-14(24-33(3,29)30)9-16(15)34(31,32)25-21/h6-7,9,11-13,17,19,24,27H,4-5,8,10H2,1-3H3,(H,23,25)/t12-,13+,17?,19?/m0/s1. The molecule has 2 fully saturated rings. The molecule has 3 N–H and O–H groups in total. The second kappa shape index (κ2) is 7.70. The fourth-order valence-corrected chi connectivity index (χ4v) is 7.72. The quantitative estimate of drug-likeness (QED) is 0.553. The van der Waals surface area contributed by atoms with Gasteiger partial charge >= 0.3 is 0 Å². The molecule has 0 aromatic heterocycles. The normalized spacial score (nSPS) is 29.6. The van der Waals surface area contributed by atoms with Crippen molar-refractivity contribution < 1.29 is 26.7 Å². The molecule has 0 radical (unpaired) electrons. The van der Waals surface area contributed by atoms with Crippen LogP contribution in [0.3, 0.4) is 0 Å². The van der Waals surface area contributed by atoms with E-state index in [9.17, 15) is 26.7 Å². The van der Waals surface area contributed by atoms with Crippen molar-refractivity contribution in [3.05, 3.63) is 29.5 Å². The van der Waals surface area contributed by atoms with Crippen molar-refractivity contribution in [1.29, 1.82) is 0 Å². The minimum absolute atomic E-state index is 0.0740. The van der Waals surface area contributed by atoms with Gasteiger partial charge in [-0.3, -0.25) is 9.52 Å². The van der Waals surface area contributed by atoms with Crippen molar-refractivity contribution in [2.75, 3.05) is 22.8 Å². The van der Waals surface area contributed by atoms with Gasteiger partial charge in [-0.1, -0.05) is 13.8 Å².